The molecular formula is C25H30ClN3O4S. The number of carbonyl (C=O) groups is 2. The maximum atomic E-state index is 13.0. The Morgan fingerprint density at radius 3 is 2.03 bits per heavy atom. The smallest absolute Gasteiger partial charge is 0.251 e. The van der Waals surface area contributed by atoms with Crippen LogP contribution in [0.3, 0.4) is 0 Å². The number of nitrogens with zero attached hydrogens (tertiary/aromatic N) is 1. The lowest BCUT2D eigenvalue weighted by Gasteiger charge is -2.35. The lowest BCUT2D eigenvalue weighted by molar-refractivity contribution is -0.127. The van der Waals surface area contributed by atoms with Gasteiger partial charge in [0.25, 0.3) is 5.91 Å². The summed E-state index contributed by atoms with van der Waals surface area (Å²) in [6.45, 7) is 0.587. The predicted octanol–water partition coefficient (Wildman–Crippen LogP) is 3.60. The Kier molecular flexibility index (Phi) is 7.91. The molecule has 2 atom stereocenters. The van der Waals surface area contributed by atoms with Crippen molar-refractivity contribution >= 4 is 33.4 Å². The van der Waals surface area contributed by atoms with Gasteiger partial charge in [0.05, 0.1) is 4.90 Å². The van der Waals surface area contributed by atoms with Crippen molar-refractivity contribution in [1.82, 2.24) is 14.9 Å². The summed E-state index contributed by atoms with van der Waals surface area (Å²) < 4.78 is 27.2. The number of benzene rings is 2. The zero-order valence-electron chi connectivity index (χ0n) is 19.0. The molecule has 2 aromatic rings. The highest BCUT2D eigenvalue weighted by atomic mass is 35.5. The van der Waals surface area contributed by atoms with Gasteiger partial charge in [-0.2, -0.15) is 4.31 Å². The van der Waals surface area contributed by atoms with Crippen LogP contribution in [0.5, 0.6) is 0 Å². The van der Waals surface area contributed by atoms with E-state index >= 15 is 0 Å². The van der Waals surface area contributed by atoms with Crippen molar-refractivity contribution in [2.24, 2.45) is 5.92 Å². The Morgan fingerprint density at radius 2 is 1.41 bits per heavy atom. The van der Waals surface area contributed by atoms with Gasteiger partial charge in [0.2, 0.25) is 15.9 Å². The molecule has 1 aliphatic heterocycles. The van der Waals surface area contributed by atoms with Crippen molar-refractivity contribution in [2.75, 3.05) is 13.1 Å². The second kappa shape index (κ2) is 10.9. The van der Waals surface area contributed by atoms with Crippen molar-refractivity contribution in [3.8, 4) is 0 Å². The van der Waals surface area contributed by atoms with E-state index in [9.17, 15) is 18.0 Å². The van der Waals surface area contributed by atoms with Crippen LogP contribution in [0.2, 0.25) is 5.02 Å². The topological polar surface area (TPSA) is 95.6 Å². The molecule has 4 rings (SSSR count). The van der Waals surface area contributed by atoms with E-state index in [0.717, 1.165) is 25.7 Å². The van der Waals surface area contributed by atoms with Crippen LogP contribution >= 0.6 is 11.6 Å². The van der Waals surface area contributed by atoms with Crippen LogP contribution in [-0.2, 0) is 14.8 Å². The first-order chi connectivity index (χ1) is 16.3. The molecule has 0 aromatic heterocycles. The third-order valence-corrected chi connectivity index (χ3v) is 8.89. The predicted molar refractivity (Wildman–Crippen MR) is 131 cm³/mol. The lowest BCUT2D eigenvalue weighted by atomic mass is 9.88. The first kappa shape index (κ1) is 24.7. The highest BCUT2D eigenvalue weighted by Crippen LogP contribution is 2.26. The molecule has 0 spiro atoms. The molecule has 1 saturated carbocycles. The number of nitrogens with one attached hydrogen (secondary N) is 2. The van der Waals surface area contributed by atoms with Crippen molar-refractivity contribution in [1.29, 1.82) is 0 Å². The average Bonchev–Trinajstić information content (AvgIpc) is 2.86. The Hall–Kier alpha value is -2.42. The quantitative estimate of drug-likeness (QED) is 0.629. The van der Waals surface area contributed by atoms with E-state index in [1.165, 1.54) is 16.4 Å². The van der Waals surface area contributed by atoms with Gasteiger partial charge in [-0.3, -0.25) is 9.59 Å². The fourth-order valence-electron chi connectivity index (χ4n) is 4.73. The summed E-state index contributed by atoms with van der Waals surface area (Å²) in [4.78, 5) is 25.9. The maximum Gasteiger partial charge on any atom is 0.251 e. The van der Waals surface area contributed by atoms with Gasteiger partial charge in [-0.15, -0.1) is 0 Å². The van der Waals surface area contributed by atoms with E-state index in [2.05, 4.69) is 10.6 Å². The summed E-state index contributed by atoms with van der Waals surface area (Å²) >= 11 is 5.87. The first-order valence-electron chi connectivity index (χ1n) is 11.8. The molecule has 182 valence electrons. The number of hydrogen-bond acceptors (Lipinski definition) is 4. The van der Waals surface area contributed by atoms with E-state index in [1.54, 1.807) is 24.3 Å². The zero-order valence-corrected chi connectivity index (χ0v) is 20.5. The maximum absolute atomic E-state index is 13.0. The SMILES string of the molecule is O=C(N[C@@H]1CCCCC1NC(=O)C1CCN(S(=O)(=O)c2ccc(Cl)cc2)CC1)c1ccccc1. The van der Waals surface area contributed by atoms with E-state index in [-0.39, 0.29) is 34.7 Å². The van der Waals surface area contributed by atoms with Crippen LogP contribution in [0.4, 0.5) is 0 Å². The average molecular weight is 504 g/mol. The largest absolute Gasteiger partial charge is 0.351 e. The van der Waals surface area contributed by atoms with Gasteiger partial charge in [-0.05, 0) is 62.1 Å². The molecule has 1 heterocycles. The minimum atomic E-state index is -3.61. The fraction of sp³-hybridized carbons (Fsp3) is 0.440. The standard InChI is InChI=1S/C25H30ClN3O4S/c26-20-10-12-21(13-11-20)34(32,33)29-16-14-19(15-17-29)25(31)28-23-9-5-4-8-22(23)27-24(30)18-6-2-1-3-7-18/h1-3,6-7,10-13,19,22-23H,4-5,8-9,14-17H2,(H,27,30)(H,28,31)/t22-,23?/m1/s1. The molecule has 7 nitrogen and oxygen atoms in total. The molecule has 1 saturated heterocycles. The molecule has 1 aliphatic carbocycles. The molecule has 1 unspecified atom stereocenters. The number of carbonyl (C=O) groups excluding carboxylic acids is 2. The van der Waals surface area contributed by atoms with Gasteiger partial charge >= 0.3 is 0 Å². The Balaban J connectivity index is 1.32. The second-order valence-corrected chi connectivity index (χ2v) is 11.4. The van der Waals surface area contributed by atoms with Crippen LogP contribution < -0.4 is 10.6 Å². The number of halogens is 1. The minimum absolute atomic E-state index is 0.0607. The molecule has 2 aromatic carbocycles. The van der Waals surface area contributed by atoms with Crippen molar-refractivity contribution in [3.63, 3.8) is 0 Å². The van der Waals surface area contributed by atoms with Crippen molar-refractivity contribution in [3.05, 3.63) is 65.2 Å². The molecule has 2 amide bonds. The third-order valence-electron chi connectivity index (χ3n) is 6.72. The zero-order chi connectivity index (χ0) is 24.1. The fourth-order valence-corrected chi connectivity index (χ4v) is 6.33. The normalized spacial score (nSPS) is 22.1. The van der Waals surface area contributed by atoms with E-state index in [4.69, 9.17) is 11.6 Å². The minimum Gasteiger partial charge on any atom is -0.351 e. The molecule has 2 fully saturated rings. The highest BCUT2D eigenvalue weighted by molar-refractivity contribution is 7.89. The summed E-state index contributed by atoms with van der Waals surface area (Å²) in [6, 6.07) is 15.0. The summed E-state index contributed by atoms with van der Waals surface area (Å²) in [5.41, 5.74) is 0.604. The number of piperidine rings is 1. The summed E-state index contributed by atoms with van der Waals surface area (Å²) in [6.07, 6.45) is 4.57. The van der Waals surface area contributed by atoms with Crippen LogP contribution in [0, 0.1) is 5.92 Å². The number of amides is 2. The first-order valence-corrected chi connectivity index (χ1v) is 13.6. The second-order valence-electron chi connectivity index (χ2n) is 8.98. The van der Waals surface area contributed by atoms with E-state index in [1.807, 2.05) is 18.2 Å². The molecule has 9 heteroatoms. The van der Waals surface area contributed by atoms with Crippen molar-refractivity contribution < 1.29 is 18.0 Å². The van der Waals surface area contributed by atoms with Gasteiger partial charge in [0.1, 0.15) is 0 Å². The summed E-state index contributed by atoms with van der Waals surface area (Å²) in [7, 11) is -3.61. The number of rotatable bonds is 6. The number of sulfonamides is 1. The summed E-state index contributed by atoms with van der Waals surface area (Å²) in [5.74, 6) is -0.439. The molecule has 0 radical (unpaired) electrons. The van der Waals surface area contributed by atoms with Crippen LogP contribution in [0.1, 0.15) is 48.9 Å². The highest BCUT2D eigenvalue weighted by Gasteiger charge is 2.34. The molecular weight excluding hydrogens is 474 g/mol. The Bertz CT molecular complexity index is 1100. The Labute approximate surface area is 205 Å². The van der Waals surface area contributed by atoms with Gasteiger partial charge in [0, 0.05) is 41.7 Å². The monoisotopic (exact) mass is 503 g/mol. The van der Waals surface area contributed by atoms with Gasteiger partial charge in [0.15, 0.2) is 0 Å². The van der Waals surface area contributed by atoms with Crippen molar-refractivity contribution in [2.45, 2.75) is 55.5 Å². The van der Waals surface area contributed by atoms with Gasteiger partial charge in [-0.25, -0.2) is 8.42 Å². The molecule has 34 heavy (non-hydrogen) atoms. The third kappa shape index (κ3) is 5.79. The van der Waals surface area contributed by atoms with E-state index in [0.29, 0.717) is 36.5 Å². The summed E-state index contributed by atoms with van der Waals surface area (Å²) in [5, 5.41) is 6.72. The van der Waals surface area contributed by atoms with E-state index < -0.39 is 10.0 Å². The molecule has 2 aliphatic rings. The van der Waals surface area contributed by atoms with Gasteiger partial charge in [-0.1, -0.05) is 42.6 Å². The van der Waals surface area contributed by atoms with Crippen LogP contribution in [0.25, 0.3) is 0 Å². The van der Waals surface area contributed by atoms with Crippen LogP contribution in [0.15, 0.2) is 59.5 Å². The van der Waals surface area contributed by atoms with Crippen LogP contribution in [-0.4, -0.2) is 49.7 Å². The number of hydrogen-bond donors (Lipinski definition) is 2. The van der Waals surface area contributed by atoms with Gasteiger partial charge < -0.3 is 10.6 Å². The lowest BCUT2D eigenvalue weighted by Crippen LogP contribution is -2.55. The Morgan fingerprint density at radius 1 is 0.824 bits per heavy atom. The molecule has 0 bridgehead atoms. The molecule has 2 N–H and O–H groups in total.